The fourth-order valence-electron chi connectivity index (χ4n) is 1.65. The number of anilines is 1. The van der Waals surface area contributed by atoms with Gasteiger partial charge in [-0.25, -0.2) is 4.39 Å². The lowest BCUT2D eigenvalue weighted by Crippen LogP contribution is -2.51. The zero-order valence-electron chi connectivity index (χ0n) is 8.29. The second-order valence-electron chi connectivity index (χ2n) is 3.65. The van der Waals surface area contributed by atoms with Crippen LogP contribution in [0.15, 0.2) is 12.1 Å². The minimum absolute atomic E-state index is 0.383. The van der Waals surface area contributed by atoms with Gasteiger partial charge in [0.25, 0.3) is 0 Å². The smallest absolute Gasteiger partial charge is 0.428 e. The molecule has 0 aromatic heterocycles. The van der Waals surface area contributed by atoms with Gasteiger partial charge in [-0.1, -0.05) is 11.6 Å². The van der Waals surface area contributed by atoms with Crippen LogP contribution in [-0.2, 0) is 5.67 Å². The van der Waals surface area contributed by atoms with E-state index in [1.807, 2.05) is 0 Å². The minimum atomic E-state index is -5.88. The van der Waals surface area contributed by atoms with E-state index in [0.717, 1.165) is 6.07 Å². The highest BCUT2D eigenvalue weighted by molar-refractivity contribution is 6.32. The number of hydrogen-bond donors (Lipinski definition) is 1. The van der Waals surface area contributed by atoms with E-state index in [0.29, 0.717) is 6.07 Å². The standard InChI is InChI=1S/C9H4ClF6NO/c10-5-2-3(17)1-4-6(5)18-9(15,16)7(4,11)8(12,13)14/h1-2H,17H2. The molecule has 100 valence electrons. The summed E-state index contributed by atoms with van der Waals surface area (Å²) in [5, 5.41) is -0.617. The molecule has 18 heavy (non-hydrogen) atoms. The molecule has 0 fully saturated rings. The maximum atomic E-state index is 13.8. The molecular formula is C9H4ClF6NO. The molecule has 0 saturated heterocycles. The third kappa shape index (κ3) is 1.44. The van der Waals surface area contributed by atoms with Crippen molar-refractivity contribution in [2.24, 2.45) is 0 Å². The zero-order valence-corrected chi connectivity index (χ0v) is 9.04. The third-order valence-corrected chi connectivity index (χ3v) is 2.74. The Morgan fingerprint density at radius 1 is 1.17 bits per heavy atom. The number of ether oxygens (including phenoxy) is 1. The third-order valence-electron chi connectivity index (χ3n) is 2.46. The van der Waals surface area contributed by atoms with Crippen LogP contribution in [0.25, 0.3) is 0 Å². The van der Waals surface area contributed by atoms with Crippen molar-refractivity contribution in [2.45, 2.75) is 18.0 Å². The van der Waals surface area contributed by atoms with Crippen LogP contribution in [0.2, 0.25) is 5.02 Å². The zero-order chi connectivity index (χ0) is 13.9. The van der Waals surface area contributed by atoms with E-state index in [4.69, 9.17) is 17.3 Å². The summed E-state index contributed by atoms with van der Waals surface area (Å²) in [6.45, 7) is 0. The highest BCUT2D eigenvalue weighted by atomic mass is 35.5. The average Bonchev–Trinajstić information content (AvgIpc) is 2.37. The first-order valence-corrected chi connectivity index (χ1v) is 4.80. The summed E-state index contributed by atoms with van der Waals surface area (Å²) in [5.74, 6) is -1.06. The molecule has 2 rings (SSSR count). The van der Waals surface area contributed by atoms with Crippen LogP contribution in [0.4, 0.5) is 32.0 Å². The molecule has 0 saturated carbocycles. The molecule has 1 unspecified atom stereocenters. The molecule has 1 aromatic carbocycles. The molecular weight excluding hydrogens is 288 g/mol. The van der Waals surface area contributed by atoms with Crippen molar-refractivity contribution in [1.82, 2.24) is 0 Å². The van der Waals surface area contributed by atoms with Crippen LogP contribution in [0.1, 0.15) is 5.56 Å². The molecule has 9 heteroatoms. The summed E-state index contributed by atoms with van der Waals surface area (Å²) in [6.07, 6.45) is -11.0. The number of rotatable bonds is 0. The Balaban J connectivity index is 2.78. The van der Waals surface area contributed by atoms with Crippen molar-refractivity contribution in [3.05, 3.63) is 22.7 Å². The maximum Gasteiger partial charge on any atom is 0.447 e. The van der Waals surface area contributed by atoms with Crippen molar-refractivity contribution in [1.29, 1.82) is 0 Å². The number of halogens is 7. The lowest BCUT2D eigenvalue weighted by atomic mass is 9.95. The minimum Gasteiger partial charge on any atom is -0.428 e. The quantitative estimate of drug-likeness (QED) is 0.585. The number of alkyl halides is 6. The molecule has 1 heterocycles. The normalized spacial score (nSPS) is 25.7. The van der Waals surface area contributed by atoms with Gasteiger partial charge >= 0.3 is 18.0 Å². The second-order valence-corrected chi connectivity index (χ2v) is 4.06. The van der Waals surface area contributed by atoms with Gasteiger partial charge in [-0.3, -0.25) is 0 Å². The van der Waals surface area contributed by atoms with Crippen molar-refractivity contribution >= 4 is 17.3 Å². The molecule has 0 aliphatic carbocycles. The van der Waals surface area contributed by atoms with Gasteiger partial charge in [-0.2, -0.15) is 22.0 Å². The highest BCUT2D eigenvalue weighted by Gasteiger charge is 2.79. The van der Waals surface area contributed by atoms with Crippen LogP contribution in [0.3, 0.4) is 0 Å². The molecule has 0 amide bonds. The molecule has 0 spiro atoms. The maximum absolute atomic E-state index is 13.8. The summed E-state index contributed by atoms with van der Waals surface area (Å²) in [6, 6.07) is 1.31. The Labute approximate surface area is 101 Å². The van der Waals surface area contributed by atoms with Gasteiger partial charge in [-0.05, 0) is 12.1 Å². The Bertz CT molecular complexity index is 517. The fraction of sp³-hybridized carbons (Fsp3) is 0.333. The van der Waals surface area contributed by atoms with E-state index < -0.39 is 34.3 Å². The van der Waals surface area contributed by atoms with Gasteiger partial charge in [0.05, 0.1) is 10.6 Å². The molecule has 1 aliphatic rings. The number of nitrogen functional groups attached to an aromatic ring is 1. The molecule has 1 atom stereocenters. The Morgan fingerprint density at radius 2 is 1.72 bits per heavy atom. The fourth-order valence-corrected chi connectivity index (χ4v) is 1.91. The first kappa shape index (κ1) is 13.1. The Morgan fingerprint density at radius 3 is 2.22 bits per heavy atom. The summed E-state index contributed by atoms with van der Waals surface area (Å²) >= 11 is 5.41. The van der Waals surface area contributed by atoms with E-state index >= 15 is 0 Å². The number of nitrogens with two attached hydrogens (primary N) is 1. The molecule has 1 aromatic rings. The van der Waals surface area contributed by atoms with Gasteiger partial charge in [0.2, 0.25) is 0 Å². The van der Waals surface area contributed by atoms with Gasteiger partial charge in [-0.15, -0.1) is 0 Å². The monoisotopic (exact) mass is 291 g/mol. The molecule has 0 radical (unpaired) electrons. The number of benzene rings is 1. The first-order chi connectivity index (χ1) is 8.00. The van der Waals surface area contributed by atoms with Crippen LogP contribution in [-0.4, -0.2) is 12.3 Å². The van der Waals surface area contributed by atoms with Crippen LogP contribution < -0.4 is 10.5 Å². The average molecular weight is 292 g/mol. The van der Waals surface area contributed by atoms with E-state index in [9.17, 15) is 26.3 Å². The molecule has 2 nitrogen and oxygen atoms in total. The predicted octanol–water partition coefficient (Wildman–Crippen LogP) is 3.63. The molecule has 2 N–H and O–H groups in total. The lowest BCUT2D eigenvalue weighted by molar-refractivity contribution is -0.350. The Kier molecular flexibility index (Phi) is 2.46. The number of hydrogen-bond acceptors (Lipinski definition) is 2. The van der Waals surface area contributed by atoms with Crippen molar-refractivity contribution in [3.8, 4) is 5.75 Å². The van der Waals surface area contributed by atoms with Crippen molar-refractivity contribution < 1.29 is 31.1 Å². The SMILES string of the molecule is Nc1cc(Cl)c2c(c1)C(F)(C(F)(F)F)C(F)(F)O2. The topological polar surface area (TPSA) is 35.2 Å². The van der Waals surface area contributed by atoms with Crippen LogP contribution in [0.5, 0.6) is 5.75 Å². The summed E-state index contributed by atoms with van der Waals surface area (Å²) in [5.41, 5.74) is -1.62. The van der Waals surface area contributed by atoms with E-state index in [1.165, 1.54) is 0 Å². The molecule has 1 aliphatic heterocycles. The van der Waals surface area contributed by atoms with E-state index in [2.05, 4.69) is 4.74 Å². The number of fused-ring (bicyclic) bond motifs is 1. The van der Waals surface area contributed by atoms with E-state index in [1.54, 1.807) is 0 Å². The van der Waals surface area contributed by atoms with Gasteiger partial charge in [0.1, 0.15) is 0 Å². The summed E-state index contributed by atoms with van der Waals surface area (Å²) in [7, 11) is 0. The van der Waals surface area contributed by atoms with Crippen LogP contribution in [0, 0.1) is 0 Å². The second kappa shape index (κ2) is 3.37. The largest absolute Gasteiger partial charge is 0.447 e. The van der Waals surface area contributed by atoms with Crippen molar-refractivity contribution in [2.75, 3.05) is 5.73 Å². The van der Waals surface area contributed by atoms with Crippen LogP contribution >= 0.6 is 11.6 Å². The first-order valence-electron chi connectivity index (χ1n) is 4.42. The summed E-state index contributed by atoms with van der Waals surface area (Å²) in [4.78, 5) is 0. The highest BCUT2D eigenvalue weighted by Crippen LogP contribution is 2.61. The van der Waals surface area contributed by atoms with Crippen molar-refractivity contribution in [3.63, 3.8) is 0 Å². The van der Waals surface area contributed by atoms with Gasteiger partial charge in [0, 0.05) is 5.69 Å². The predicted molar refractivity (Wildman–Crippen MR) is 50.3 cm³/mol. The van der Waals surface area contributed by atoms with Gasteiger partial charge < -0.3 is 10.5 Å². The van der Waals surface area contributed by atoms with E-state index in [-0.39, 0.29) is 5.69 Å². The summed E-state index contributed by atoms with van der Waals surface area (Å²) < 4.78 is 81.6. The Hall–Kier alpha value is -1.31. The van der Waals surface area contributed by atoms with Gasteiger partial charge in [0.15, 0.2) is 5.75 Å². The lowest BCUT2D eigenvalue weighted by Gasteiger charge is -2.27. The molecule has 0 bridgehead atoms.